The van der Waals surface area contributed by atoms with Gasteiger partial charge >= 0.3 is 12.0 Å². The van der Waals surface area contributed by atoms with Gasteiger partial charge in [-0.25, -0.2) is 9.59 Å². The number of esters is 1. The van der Waals surface area contributed by atoms with Crippen molar-refractivity contribution >= 4 is 12.0 Å². The SMILES string of the molecule is CCOC(=O)C1=C(CN2CCN(C)CC2)NC(=O)NC1c1ccccc1C. The van der Waals surface area contributed by atoms with Crippen LogP contribution >= 0.6 is 0 Å². The molecule has 0 radical (unpaired) electrons. The number of rotatable bonds is 5. The molecule has 2 aliphatic heterocycles. The molecule has 2 heterocycles. The van der Waals surface area contributed by atoms with Gasteiger partial charge in [-0.15, -0.1) is 0 Å². The number of likely N-dealkylation sites (N-methyl/N-ethyl adjacent to an activating group) is 1. The third-order valence-electron chi connectivity index (χ3n) is 5.13. The third kappa shape index (κ3) is 4.48. The van der Waals surface area contributed by atoms with Crippen LogP contribution in [0, 0.1) is 6.92 Å². The average molecular weight is 372 g/mol. The summed E-state index contributed by atoms with van der Waals surface area (Å²) in [6.45, 7) is 8.31. The molecule has 2 aliphatic rings. The van der Waals surface area contributed by atoms with Gasteiger partial charge < -0.3 is 20.3 Å². The lowest BCUT2D eigenvalue weighted by atomic mass is 9.92. The van der Waals surface area contributed by atoms with E-state index in [9.17, 15) is 9.59 Å². The van der Waals surface area contributed by atoms with Crippen molar-refractivity contribution in [2.45, 2.75) is 19.9 Å². The number of ether oxygens (including phenoxy) is 1. The molecule has 3 rings (SSSR count). The third-order valence-corrected chi connectivity index (χ3v) is 5.13. The highest BCUT2D eigenvalue weighted by Gasteiger charge is 2.35. The molecule has 7 nitrogen and oxygen atoms in total. The van der Waals surface area contributed by atoms with Crippen molar-refractivity contribution in [3.05, 3.63) is 46.7 Å². The predicted octanol–water partition coefficient (Wildman–Crippen LogP) is 1.41. The Morgan fingerprint density at radius 1 is 1.22 bits per heavy atom. The first kappa shape index (κ1) is 19.4. The van der Waals surface area contributed by atoms with Crippen molar-refractivity contribution in [3.63, 3.8) is 0 Å². The lowest BCUT2D eigenvalue weighted by Crippen LogP contribution is -2.51. The van der Waals surface area contributed by atoms with Crippen LogP contribution in [-0.4, -0.2) is 68.2 Å². The molecule has 1 atom stereocenters. The summed E-state index contributed by atoms with van der Waals surface area (Å²) in [6.07, 6.45) is 0. The van der Waals surface area contributed by atoms with Crippen molar-refractivity contribution in [3.8, 4) is 0 Å². The Morgan fingerprint density at radius 2 is 1.93 bits per heavy atom. The molecular weight excluding hydrogens is 344 g/mol. The van der Waals surface area contributed by atoms with Gasteiger partial charge in [-0.1, -0.05) is 24.3 Å². The lowest BCUT2D eigenvalue weighted by Gasteiger charge is -2.36. The van der Waals surface area contributed by atoms with Crippen molar-refractivity contribution in [2.24, 2.45) is 0 Å². The van der Waals surface area contributed by atoms with Crippen LogP contribution in [-0.2, 0) is 9.53 Å². The van der Waals surface area contributed by atoms with E-state index in [0.29, 0.717) is 24.4 Å². The molecule has 1 saturated heterocycles. The predicted molar refractivity (Wildman–Crippen MR) is 103 cm³/mol. The number of urea groups is 1. The van der Waals surface area contributed by atoms with E-state index in [1.165, 1.54) is 0 Å². The maximum absolute atomic E-state index is 12.8. The summed E-state index contributed by atoms with van der Waals surface area (Å²) in [7, 11) is 2.10. The average Bonchev–Trinajstić information content (AvgIpc) is 2.63. The van der Waals surface area contributed by atoms with Crippen molar-refractivity contribution < 1.29 is 14.3 Å². The summed E-state index contributed by atoms with van der Waals surface area (Å²) in [4.78, 5) is 29.7. The number of nitrogens with one attached hydrogen (secondary N) is 2. The number of carbonyl (C=O) groups excluding carboxylic acids is 2. The number of benzene rings is 1. The van der Waals surface area contributed by atoms with Crippen LogP contribution < -0.4 is 10.6 Å². The van der Waals surface area contributed by atoms with E-state index < -0.39 is 6.04 Å². The first-order valence-corrected chi connectivity index (χ1v) is 9.43. The Kier molecular flexibility index (Phi) is 6.13. The van der Waals surface area contributed by atoms with Gasteiger partial charge in [0.25, 0.3) is 0 Å². The Balaban J connectivity index is 1.97. The second-order valence-corrected chi connectivity index (χ2v) is 7.08. The number of amides is 2. The second-order valence-electron chi connectivity index (χ2n) is 7.08. The minimum Gasteiger partial charge on any atom is -0.463 e. The monoisotopic (exact) mass is 372 g/mol. The first-order valence-electron chi connectivity index (χ1n) is 9.43. The summed E-state index contributed by atoms with van der Waals surface area (Å²) in [5.74, 6) is -0.387. The number of aryl methyl sites for hydroxylation is 1. The fourth-order valence-corrected chi connectivity index (χ4v) is 3.57. The normalized spacial score (nSPS) is 21.6. The van der Waals surface area contributed by atoms with Gasteiger partial charge in [-0.3, -0.25) is 4.90 Å². The first-order chi connectivity index (χ1) is 13.0. The highest BCUT2D eigenvalue weighted by Crippen LogP contribution is 2.30. The topological polar surface area (TPSA) is 73.9 Å². The number of carbonyl (C=O) groups is 2. The van der Waals surface area contributed by atoms with Crippen LogP contribution in [0.25, 0.3) is 0 Å². The van der Waals surface area contributed by atoms with E-state index >= 15 is 0 Å². The van der Waals surface area contributed by atoms with E-state index in [4.69, 9.17) is 4.74 Å². The van der Waals surface area contributed by atoms with Crippen molar-refractivity contribution in [1.82, 2.24) is 20.4 Å². The highest BCUT2D eigenvalue weighted by atomic mass is 16.5. The van der Waals surface area contributed by atoms with E-state index in [-0.39, 0.29) is 12.0 Å². The molecule has 0 saturated carbocycles. The minimum absolute atomic E-state index is 0.290. The summed E-state index contributed by atoms with van der Waals surface area (Å²) in [5.41, 5.74) is 3.05. The van der Waals surface area contributed by atoms with Crippen LogP contribution in [0.2, 0.25) is 0 Å². The molecular formula is C20H28N4O3. The Bertz CT molecular complexity index is 738. The van der Waals surface area contributed by atoms with Gasteiger partial charge in [0.05, 0.1) is 18.2 Å². The molecule has 1 unspecified atom stereocenters. The zero-order valence-corrected chi connectivity index (χ0v) is 16.2. The molecule has 0 spiro atoms. The Morgan fingerprint density at radius 3 is 2.59 bits per heavy atom. The maximum Gasteiger partial charge on any atom is 0.338 e. The van der Waals surface area contributed by atoms with Crippen LogP contribution in [0.1, 0.15) is 24.1 Å². The minimum atomic E-state index is -0.513. The molecule has 0 bridgehead atoms. The standard InChI is InChI=1S/C20H28N4O3/c1-4-27-19(25)17-16(13-24-11-9-23(3)10-12-24)21-20(26)22-18(17)15-8-6-5-7-14(15)2/h5-8,18H,4,9-13H2,1-3H3,(H2,21,22,26). The van der Waals surface area contributed by atoms with Gasteiger partial charge in [-0.2, -0.15) is 0 Å². The number of nitrogens with zero attached hydrogens (tertiary/aromatic N) is 2. The number of piperazine rings is 1. The molecule has 27 heavy (non-hydrogen) atoms. The maximum atomic E-state index is 12.8. The number of hydrogen-bond donors (Lipinski definition) is 2. The summed E-state index contributed by atoms with van der Waals surface area (Å²) < 4.78 is 5.33. The fourth-order valence-electron chi connectivity index (χ4n) is 3.57. The summed E-state index contributed by atoms with van der Waals surface area (Å²) in [5, 5.41) is 5.76. The van der Waals surface area contributed by atoms with Crippen LogP contribution in [0.5, 0.6) is 0 Å². The van der Waals surface area contributed by atoms with E-state index in [1.54, 1.807) is 6.92 Å². The lowest BCUT2D eigenvalue weighted by molar-refractivity contribution is -0.139. The summed E-state index contributed by atoms with van der Waals surface area (Å²) >= 11 is 0. The molecule has 1 fully saturated rings. The van der Waals surface area contributed by atoms with Crippen molar-refractivity contribution in [2.75, 3.05) is 46.4 Å². The van der Waals surface area contributed by atoms with Gasteiger partial charge in [-0.05, 0) is 32.0 Å². The molecule has 1 aromatic rings. The van der Waals surface area contributed by atoms with Gasteiger partial charge in [0.15, 0.2) is 0 Å². The highest BCUT2D eigenvalue weighted by molar-refractivity contribution is 5.95. The molecule has 2 amide bonds. The zero-order chi connectivity index (χ0) is 19.4. The largest absolute Gasteiger partial charge is 0.463 e. The second kappa shape index (κ2) is 8.54. The Hall–Kier alpha value is -2.38. The molecule has 1 aromatic carbocycles. The molecule has 7 heteroatoms. The van der Waals surface area contributed by atoms with Crippen LogP contribution in [0.3, 0.4) is 0 Å². The van der Waals surface area contributed by atoms with Gasteiger partial charge in [0, 0.05) is 38.4 Å². The number of hydrogen-bond acceptors (Lipinski definition) is 5. The van der Waals surface area contributed by atoms with E-state index in [0.717, 1.165) is 37.3 Å². The molecule has 0 aliphatic carbocycles. The summed E-state index contributed by atoms with van der Waals surface area (Å²) in [6, 6.07) is 6.98. The Labute approximate surface area is 160 Å². The smallest absolute Gasteiger partial charge is 0.338 e. The van der Waals surface area contributed by atoms with Gasteiger partial charge in [0.2, 0.25) is 0 Å². The van der Waals surface area contributed by atoms with Gasteiger partial charge in [0.1, 0.15) is 0 Å². The van der Waals surface area contributed by atoms with Crippen LogP contribution in [0.4, 0.5) is 4.79 Å². The van der Waals surface area contributed by atoms with Crippen LogP contribution in [0.15, 0.2) is 35.5 Å². The molecule has 2 N–H and O–H groups in total. The van der Waals surface area contributed by atoms with E-state index in [2.05, 4.69) is 27.5 Å². The quantitative estimate of drug-likeness (QED) is 0.765. The van der Waals surface area contributed by atoms with Crippen molar-refractivity contribution in [1.29, 1.82) is 0 Å². The zero-order valence-electron chi connectivity index (χ0n) is 16.2. The van der Waals surface area contributed by atoms with E-state index in [1.807, 2.05) is 31.2 Å². The molecule has 146 valence electrons. The molecule has 0 aromatic heterocycles. The fraction of sp³-hybridized carbons (Fsp3) is 0.500.